The van der Waals surface area contributed by atoms with Crippen molar-refractivity contribution < 1.29 is 24.2 Å². The molecule has 0 saturated carbocycles. The van der Waals surface area contributed by atoms with Gasteiger partial charge >= 0.3 is 11.9 Å². The highest BCUT2D eigenvalue weighted by Gasteiger charge is 2.33. The Morgan fingerprint density at radius 3 is 2.52 bits per heavy atom. The van der Waals surface area contributed by atoms with Gasteiger partial charge in [0.1, 0.15) is 17.6 Å². The lowest BCUT2D eigenvalue weighted by Crippen LogP contribution is -2.38. The molecule has 2 rings (SSSR count). The van der Waals surface area contributed by atoms with E-state index in [-0.39, 0.29) is 18.6 Å². The van der Waals surface area contributed by atoms with Crippen LogP contribution in [0.2, 0.25) is 0 Å². The molecule has 0 fully saturated rings. The number of halogens is 1. The van der Waals surface area contributed by atoms with Crippen LogP contribution in [0.25, 0.3) is 0 Å². The first-order valence-corrected chi connectivity index (χ1v) is 6.22. The SMILES string of the molecule is NC(C[C@H]1CC(C(=O)O)=NN1c1ccc(F)cc1)C(=O)O. The Labute approximate surface area is 119 Å². The largest absolute Gasteiger partial charge is 0.480 e. The Bertz CT molecular complexity index is 588. The molecule has 1 heterocycles. The summed E-state index contributed by atoms with van der Waals surface area (Å²) in [5.41, 5.74) is 5.90. The number of rotatable bonds is 5. The molecule has 0 saturated heterocycles. The predicted octanol–water partition coefficient (Wildman–Crippen LogP) is 0.647. The van der Waals surface area contributed by atoms with E-state index < -0.39 is 29.8 Å². The maximum absolute atomic E-state index is 12.9. The minimum absolute atomic E-state index is 0.0347. The second-order valence-electron chi connectivity index (χ2n) is 4.71. The third-order valence-electron chi connectivity index (χ3n) is 3.18. The zero-order chi connectivity index (χ0) is 15.6. The summed E-state index contributed by atoms with van der Waals surface area (Å²) < 4.78 is 12.9. The van der Waals surface area contributed by atoms with Crippen LogP contribution in [0.15, 0.2) is 29.4 Å². The van der Waals surface area contributed by atoms with Crippen LogP contribution in [-0.4, -0.2) is 39.9 Å². The van der Waals surface area contributed by atoms with E-state index in [1.807, 2.05) is 0 Å². The summed E-state index contributed by atoms with van der Waals surface area (Å²) in [6.45, 7) is 0. The van der Waals surface area contributed by atoms with Gasteiger partial charge in [-0.1, -0.05) is 0 Å². The highest BCUT2D eigenvalue weighted by Crippen LogP contribution is 2.27. The van der Waals surface area contributed by atoms with Gasteiger partial charge in [0.05, 0.1) is 11.7 Å². The fourth-order valence-corrected chi connectivity index (χ4v) is 2.13. The average Bonchev–Trinajstić information content (AvgIpc) is 2.83. The van der Waals surface area contributed by atoms with Crippen molar-refractivity contribution >= 4 is 23.3 Å². The van der Waals surface area contributed by atoms with E-state index in [4.69, 9.17) is 15.9 Å². The number of aliphatic carboxylic acids is 2. The summed E-state index contributed by atoms with van der Waals surface area (Å²) in [5.74, 6) is -2.77. The van der Waals surface area contributed by atoms with E-state index in [0.717, 1.165) is 0 Å². The normalized spacial score (nSPS) is 19.2. The lowest BCUT2D eigenvalue weighted by Gasteiger charge is -2.24. The average molecular weight is 295 g/mol. The highest BCUT2D eigenvalue weighted by atomic mass is 19.1. The van der Waals surface area contributed by atoms with Crippen molar-refractivity contribution in [1.82, 2.24) is 0 Å². The summed E-state index contributed by atoms with van der Waals surface area (Å²) in [5, 5.41) is 23.2. The van der Waals surface area contributed by atoms with Crippen molar-refractivity contribution in [1.29, 1.82) is 0 Å². The maximum atomic E-state index is 12.9. The van der Waals surface area contributed by atoms with Crippen molar-refractivity contribution in [3.8, 4) is 0 Å². The van der Waals surface area contributed by atoms with Crippen molar-refractivity contribution in [3.63, 3.8) is 0 Å². The number of anilines is 1. The number of hydrogen-bond acceptors (Lipinski definition) is 5. The van der Waals surface area contributed by atoms with Crippen molar-refractivity contribution in [2.45, 2.75) is 24.9 Å². The summed E-state index contributed by atoms with van der Waals surface area (Å²) >= 11 is 0. The standard InChI is InChI=1S/C13H14FN3O4/c14-7-1-3-8(4-2-7)17-9(5-10(15)12(18)19)6-11(16-17)13(20)21/h1-4,9-10H,5-6,15H2,(H,18,19)(H,20,21)/t9-,10?/m0/s1. The number of carboxylic acids is 2. The molecular formula is C13H14FN3O4. The smallest absolute Gasteiger partial charge is 0.352 e. The Kier molecular flexibility index (Phi) is 4.18. The molecule has 1 aromatic rings. The number of carboxylic acid groups (broad SMARTS) is 2. The molecule has 0 radical (unpaired) electrons. The fraction of sp³-hybridized carbons (Fsp3) is 0.308. The summed E-state index contributed by atoms with van der Waals surface area (Å²) in [6, 6.07) is 3.72. The number of hydrogen-bond donors (Lipinski definition) is 3. The molecule has 1 unspecified atom stereocenters. The molecule has 0 bridgehead atoms. The topological polar surface area (TPSA) is 116 Å². The number of nitrogens with two attached hydrogens (primary N) is 1. The Balaban J connectivity index is 2.25. The zero-order valence-electron chi connectivity index (χ0n) is 10.9. The molecule has 1 aliphatic rings. The lowest BCUT2D eigenvalue weighted by molar-refractivity contribution is -0.138. The van der Waals surface area contributed by atoms with Gasteiger partial charge in [-0.3, -0.25) is 9.80 Å². The van der Waals surface area contributed by atoms with E-state index in [1.54, 1.807) is 0 Å². The summed E-state index contributed by atoms with van der Waals surface area (Å²) in [7, 11) is 0. The van der Waals surface area contributed by atoms with Crippen LogP contribution in [-0.2, 0) is 9.59 Å². The van der Waals surface area contributed by atoms with E-state index >= 15 is 0 Å². The first-order chi connectivity index (χ1) is 9.88. The van der Waals surface area contributed by atoms with Crippen molar-refractivity contribution in [2.75, 3.05) is 5.01 Å². The molecule has 1 aliphatic heterocycles. The molecular weight excluding hydrogens is 281 g/mol. The number of carbonyl (C=O) groups is 2. The number of nitrogens with zero attached hydrogens (tertiary/aromatic N) is 2. The van der Waals surface area contributed by atoms with E-state index in [2.05, 4.69) is 5.10 Å². The quantitative estimate of drug-likeness (QED) is 0.734. The van der Waals surface area contributed by atoms with Crippen LogP contribution in [0.1, 0.15) is 12.8 Å². The first kappa shape index (κ1) is 14.9. The van der Waals surface area contributed by atoms with Crippen LogP contribution in [0.4, 0.5) is 10.1 Å². The summed E-state index contributed by atoms with van der Waals surface area (Å²) in [6.07, 6.45) is 0.112. The number of hydrazone groups is 1. The zero-order valence-corrected chi connectivity index (χ0v) is 10.9. The van der Waals surface area contributed by atoms with E-state index in [0.29, 0.717) is 5.69 Å². The Morgan fingerprint density at radius 2 is 2.00 bits per heavy atom. The molecule has 21 heavy (non-hydrogen) atoms. The highest BCUT2D eigenvalue weighted by molar-refractivity contribution is 6.36. The number of benzene rings is 1. The first-order valence-electron chi connectivity index (χ1n) is 6.22. The van der Waals surface area contributed by atoms with Gasteiger partial charge < -0.3 is 15.9 Å². The molecule has 2 atom stereocenters. The monoisotopic (exact) mass is 295 g/mol. The van der Waals surface area contributed by atoms with Gasteiger partial charge in [0.2, 0.25) is 0 Å². The van der Waals surface area contributed by atoms with Gasteiger partial charge in [0.15, 0.2) is 0 Å². The minimum Gasteiger partial charge on any atom is -0.480 e. The van der Waals surface area contributed by atoms with Crippen LogP contribution in [0.3, 0.4) is 0 Å². The second kappa shape index (κ2) is 5.88. The minimum atomic E-state index is -1.17. The van der Waals surface area contributed by atoms with Crippen LogP contribution in [0, 0.1) is 5.82 Å². The van der Waals surface area contributed by atoms with Gasteiger partial charge in [-0.15, -0.1) is 0 Å². The Hall–Kier alpha value is -2.48. The third kappa shape index (κ3) is 3.34. The van der Waals surface area contributed by atoms with Gasteiger partial charge in [0, 0.05) is 6.42 Å². The maximum Gasteiger partial charge on any atom is 0.352 e. The third-order valence-corrected chi connectivity index (χ3v) is 3.18. The Morgan fingerprint density at radius 1 is 1.38 bits per heavy atom. The van der Waals surface area contributed by atoms with Gasteiger partial charge in [-0.2, -0.15) is 5.10 Å². The fourth-order valence-electron chi connectivity index (χ4n) is 2.13. The van der Waals surface area contributed by atoms with Crippen LogP contribution in [0.5, 0.6) is 0 Å². The lowest BCUT2D eigenvalue weighted by atomic mass is 10.0. The second-order valence-corrected chi connectivity index (χ2v) is 4.71. The molecule has 7 nitrogen and oxygen atoms in total. The summed E-state index contributed by atoms with van der Waals surface area (Å²) in [4.78, 5) is 21.9. The van der Waals surface area contributed by atoms with Gasteiger partial charge in [-0.25, -0.2) is 9.18 Å². The van der Waals surface area contributed by atoms with E-state index in [9.17, 15) is 14.0 Å². The van der Waals surface area contributed by atoms with Crippen LogP contribution >= 0.6 is 0 Å². The molecule has 0 aliphatic carbocycles. The predicted molar refractivity (Wildman–Crippen MR) is 72.6 cm³/mol. The molecule has 112 valence electrons. The molecule has 0 spiro atoms. The van der Waals surface area contributed by atoms with Gasteiger partial charge in [0.25, 0.3) is 0 Å². The van der Waals surface area contributed by atoms with E-state index in [1.165, 1.54) is 29.3 Å². The van der Waals surface area contributed by atoms with Crippen molar-refractivity contribution in [3.05, 3.63) is 30.1 Å². The van der Waals surface area contributed by atoms with Crippen molar-refractivity contribution in [2.24, 2.45) is 10.8 Å². The van der Waals surface area contributed by atoms with Crippen LogP contribution < -0.4 is 10.7 Å². The molecule has 1 aromatic carbocycles. The molecule has 0 amide bonds. The molecule has 8 heteroatoms. The molecule has 0 aromatic heterocycles. The van der Waals surface area contributed by atoms with Gasteiger partial charge in [-0.05, 0) is 30.7 Å². The molecule has 4 N–H and O–H groups in total.